The van der Waals surface area contributed by atoms with Crippen molar-refractivity contribution in [3.05, 3.63) is 0 Å². The van der Waals surface area contributed by atoms with Crippen molar-refractivity contribution in [2.45, 2.75) is 58.7 Å². The molecule has 0 bridgehead atoms. The van der Waals surface area contributed by atoms with Gasteiger partial charge in [0.15, 0.2) is 0 Å². The van der Waals surface area contributed by atoms with E-state index in [1.165, 1.54) is 31.7 Å². The van der Waals surface area contributed by atoms with E-state index < -0.39 is 32.8 Å². The summed E-state index contributed by atoms with van der Waals surface area (Å²) in [5, 5.41) is 0. The van der Waals surface area contributed by atoms with Crippen molar-refractivity contribution in [1.29, 1.82) is 0 Å². The summed E-state index contributed by atoms with van der Waals surface area (Å²) < 4.78 is 5.11. The number of unbranched alkanes of at least 4 members (excludes halogenated alkanes) is 3. The van der Waals surface area contributed by atoms with Gasteiger partial charge < -0.3 is 0 Å². The average Bonchev–Trinajstić information content (AvgIpc) is 2.11. The molecule has 0 atom stereocenters. The fourth-order valence-electron chi connectivity index (χ4n) is 0.980. The van der Waals surface area contributed by atoms with Crippen LogP contribution in [-0.2, 0) is 30.8 Å². The van der Waals surface area contributed by atoms with Crippen LogP contribution in [0.25, 0.3) is 0 Å². The van der Waals surface area contributed by atoms with E-state index in [1.54, 1.807) is 0 Å². The third-order valence-corrected chi connectivity index (χ3v) is 14.6. The summed E-state index contributed by atoms with van der Waals surface area (Å²) in [7, 11) is 0. The topological polar surface area (TPSA) is 9.23 Å². The SMILES string of the molecule is CCCCCC[O][Y][Si](C)(C)CC. The Morgan fingerprint density at radius 2 is 1.77 bits per heavy atom. The van der Waals surface area contributed by atoms with Gasteiger partial charge in [-0.15, -0.1) is 0 Å². The zero-order valence-electron chi connectivity index (χ0n) is 9.73. The molecule has 0 aromatic carbocycles. The Morgan fingerprint density at radius 1 is 1.08 bits per heavy atom. The van der Waals surface area contributed by atoms with E-state index in [9.17, 15) is 0 Å². The second-order valence-electron chi connectivity index (χ2n) is 4.39. The monoisotopic (exact) mass is 277 g/mol. The second kappa shape index (κ2) is 8.58. The van der Waals surface area contributed by atoms with E-state index in [0.717, 1.165) is 6.61 Å². The molecule has 0 aromatic heterocycles. The van der Waals surface area contributed by atoms with E-state index in [0.29, 0.717) is 0 Å². The van der Waals surface area contributed by atoms with Crippen LogP contribution in [0.15, 0.2) is 0 Å². The minimum atomic E-state index is -0.778. The summed E-state index contributed by atoms with van der Waals surface area (Å²) in [5.41, 5.74) is 0. The van der Waals surface area contributed by atoms with Crippen molar-refractivity contribution in [3.8, 4) is 0 Å². The van der Waals surface area contributed by atoms with E-state index in [4.69, 9.17) is 2.05 Å². The van der Waals surface area contributed by atoms with Crippen molar-refractivity contribution < 1.29 is 30.8 Å². The summed E-state index contributed by atoms with van der Waals surface area (Å²) in [4.78, 5) is 0. The van der Waals surface area contributed by atoms with Crippen LogP contribution in [0.4, 0.5) is 0 Å². The van der Waals surface area contributed by atoms with E-state index >= 15 is 0 Å². The molecule has 3 heteroatoms. The first kappa shape index (κ1) is 14.3. The van der Waals surface area contributed by atoms with Crippen LogP contribution in [0.3, 0.4) is 0 Å². The average molecular weight is 277 g/mol. The Labute approximate surface area is 99.5 Å². The molecule has 77 valence electrons. The predicted molar refractivity (Wildman–Crippen MR) is 58.1 cm³/mol. The minimum absolute atomic E-state index is 0.600. The predicted octanol–water partition coefficient (Wildman–Crippen LogP) is 3.81. The van der Waals surface area contributed by atoms with Crippen molar-refractivity contribution in [2.75, 3.05) is 6.61 Å². The van der Waals surface area contributed by atoms with Crippen LogP contribution in [0.1, 0.15) is 39.5 Å². The van der Waals surface area contributed by atoms with Gasteiger partial charge in [0.05, 0.1) is 0 Å². The van der Waals surface area contributed by atoms with Gasteiger partial charge in [0, 0.05) is 0 Å². The number of hydrogen-bond donors (Lipinski definition) is 0. The van der Waals surface area contributed by atoms with Gasteiger partial charge in [-0.1, -0.05) is 0 Å². The van der Waals surface area contributed by atoms with Gasteiger partial charge in [0.25, 0.3) is 0 Å². The van der Waals surface area contributed by atoms with E-state index in [2.05, 4.69) is 26.9 Å². The molecule has 13 heavy (non-hydrogen) atoms. The molecule has 0 aromatic rings. The Hall–Kier alpha value is 1.28. The van der Waals surface area contributed by atoms with E-state index in [1.807, 2.05) is 0 Å². The van der Waals surface area contributed by atoms with Gasteiger partial charge in [0.1, 0.15) is 0 Å². The van der Waals surface area contributed by atoms with Crippen LogP contribution < -0.4 is 0 Å². The number of hydrogen-bond acceptors (Lipinski definition) is 1. The van der Waals surface area contributed by atoms with Gasteiger partial charge >= 0.3 is 100 Å². The molecule has 0 aliphatic carbocycles. The molecular formula is C10H24OSiY. The van der Waals surface area contributed by atoms with Crippen LogP contribution in [0.5, 0.6) is 0 Å². The summed E-state index contributed by atoms with van der Waals surface area (Å²) in [6.45, 7) is 10.6. The fraction of sp³-hybridized carbons (Fsp3) is 1.00. The molecule has 1 nitrogen and oxygen atoms in total. The summed E-state index contributed by atoms with van der Waals surface area (Å²) in [6, 6.07) is 1.42. The zero-order valence-corrected chi connectivity index (χ0v) is 13.6. The molecule has 0 aliphatic heterocycles. The Bertz CT molecular complexity index is 117. The molecule has 0 radical (unpaired) electrons. The van der Waals surface area contributed by atoms with Crippen molar-refractivity contribution in [3.63, 3.8) is 0 Å². The first-order chi connectivity index (χ1) is 6.12. The Kier molecular flexibility index (Phi) is 9.42. The van der Waals surface area contributed by atoms with Gasteiger partial charge in [0.2, 0.25) is 0 Å². The molecule has 0 N–H and O–H groups in total. The van der Waals surface area contributed by atoms with Gasteiger partial charge in [-0.05, 0) is 0 Å². The zero-order chi connectivity index (χ0) is 10.2. The maximum absolute atomic E-state index is 5.89. The van der Waals surface area contributed by atoms with Gasteiger partial charge in [-0.2, -0.15) is 0 Å². The Balaban J connectivity index is 3.16. The first-order valence-electron chi connectivity index (χ1n) is 5.58. The molecule has 0 unspecified atom stereocenters. The molecular weight excluding hydrogens is 253 g/mol. The van der Waals surface area contributed by atoms with Crippen molar-refractivity contribution >= 4 is 4.09 Å². The molecule has 0 aliphatic rings. The summed E-state index contributed by atoms with van der Waals surface area (Å²) in [6.07, 6.45) is 5.38. The van der Waals surface area contributed by atoms with Crippen LogP contribution >= 0.6 is 0 Å². The summed E-state index contributed by atoms with van der Waals surface area (Å²) in [5.74, 6) is 0. The van der Waals surface area contributed by atoms with Gasteiger partial charge in [-0.25, -0.2) is 0 Å². The molecule has 0 rings (SSSR count). The maximum atomic E-state index is 5.89. The summed E-state index contributed by atoms with van der Waals surface area (Å²) >= 11 is -0.600. The quantitative estimate of drug-likeness (QED) is 0.484. The van der Waals surface area contributed by atoms with E-state index in [-0.39, 0.29) is 0 Å². The molecule has 0 saturated heterocycles. The molecule has 0 amide bonds. The molecule has 0 fully saturated rings. The van der Waals surface area contributed by atoms with Crippen LogP contribution in [0, 0.1) is 0 Å². The standard InChI is InChI=1S/C6H13O.C4H11Si.Y/c1-2-3-4-5-6-7;1-4-5(2)3;/h2-6H2,1H3;4H2,1-3H3;/q-1;;+1. The Morgan fingerprint density at radius 3 is 2.31 bits per heavy atom. The number of rotatable bonds is 8. The van der Waals surface area contributed by atoms with Crippen molar-refractivity contribution in [2.24, 2.45) is 0 Å². The first-order valence-corrected chi connectivity index (χ1v) is 14.3. The fourth-order valence-corrected chi connectivity index (χ4v) is 7.55. The van der Waals surface area contributed by atoms with Crippen molar-refractivity contribution in [1.82, 2.24) is 0 Å². The molecule has 0 saturated carbocycles. The molecule has 0 spiro atoms. The third-order valence-electron chi connectivity index (χ3n) is 2.43. The molecule has 0 heterocycles. The van der Waals surface area contributed by atoms with Gasteiger partial charge in [-0.3, -0.25) is 0 Å². The van der Waals surface area contributed by atoms with Crippen LogP contribution in [0.2, 0.25) is 19.1 Å². The third kappa shape index (κ3) is 9.58. The normalized spacial score (nSPS) is 11.4. The van der Waals surface area contributed by atoms with Crippen LogP contribution in [-0.4, -0.2) is 10.7 Å². The second-order valence-corrected chi connectivity index (χ2v) is 23.4.